The number of aryl methyl sites for hydroxylation is 2. The number of carbonyl (C=O) groups is 1. The first-order valence-electron chi connectivity index (χ1n) is 8.03. The van der Waals surface area contributed by atoms with E-state index in [9.17, 15) is 14.4 Å². The number of aromatic nitrogens is 4. The molecule has 3 aromatic rings. The molecule has 1 aromatic carbocycles. The molecule has 3 rings (SSSR count). The average Bonchev–Trinajstić information content (AvgIpc) is 2.95. The van der Waals surface area contributed by atoms with E-state index < -0.39 is 17.2 Å². The van der Waals surface area contributed by atoms with Crippen molar-refractivity contribution in [1.29, 1.82) is 0 Å². The summed E-state index contributed by atoms with van der Waals surface area (Å²) in [4.78, 5) is 40.6. The lowest BCUT2D eigenvalue weighted by Gasteiger charge is -2.09. The third-order valence-electron chi connectivity index (χ3n) is 4.24. The normalized spacial score (nSPS) is 11.0. The Morgan fingerprint density at radius 2 is 1.81 bits per heavy atom. The van der Waals surface area contributed by atoms with Gasteiger partial charge in [-0.05, 0) is 19.1 Å². The van der Waals surface area contributed by atoms with Gasteiger partial charge < -0.3 is 15.6 Å². The third kappa shape index (κ3) is 2.99. The molecule has 0 spiro atoms. The molecule has 0 bridgehead atoms. The van der Waals surface area contributed by atoms with Crippen molar-refractivity contribution in [2.24, 2.45) is 19.8 Å². The highest BCUT2D eigenvalue weighted by molar-refractivity contribution is 5.78. The van der Waals surface area contributed by atoms with E-state index >= 15 is 0 Å². The monoisotopic (exact) mass is 356 g/mol. The van der Waals surface area contributed by atoms with Crippen LogP contribution < -0.4 is 22.3 Å². The zero-order valence-corrected chi connectivity index (χ0v) is 14.8. The van der Waals surface area contributed by atoms with Crippen LogP contribution in [0.1, 0.15) is 11.4 Å². The van der Waals surface area contributed by atoms with Crippen LogP contribution in [0, 0.1) is 6.92 Å². The lowest BCUT2D eigenvalue weighted by atomic mass is 10.2. The molecule has 9 nitrogen and oxygen atoms in total. The second-order valence-corrected chi connectivity index (χ2v) is 6.18. The predicted octanol–water partition coefficient (Wildman–Crippen LogP) is -0.160. The maximum absolute atomic E-state index is 12.5. The quantitative estimate of drug-likeness (QED) is 0.659. The Morgan fingerprint density at radius 3 is 2.42 bits per heavy atom. The van der Waals surface area contributed by atoms with Crippen molar-refractivity contribution in [2.75, 3.05) is 5.32 Å². The van der Waals surface area contributed by atoms with Gasteiger partial charge >= 0.3 is 5.69 Å². The van der Waals surface area contributed by atoms with E-state index in [1.807, 2.05) is 31.2 Å². The number of carbonyl (C=O) groups excluding carboxylic acids is 1. The minimum atomic E-state index is -0.600. The smallest absolute Gasteiger partial charge is 0.332 e. The van der Waals surface area contributed by atoms with E-state index in [0.29, 0.717) is 5.82 Å². The minimum absolute atomic E-state index is 0.175. The van der Waals surface area contributed by atoms with E-state index in [2.05, 4.69) is 10.3 Å². The summed E-state index contributed by atoms with van der Waals surface area (Å²) in [6.07, 6.45) is 0. The Labute approximate surface area is 148 Å². The number of hydrogen-bond acceptors (Lipinski definition) is 5. The summed E-state index contributed by atoms with van der Waals surface area (Å²) in [6.45, 7) is 2.06. The van der Waals surface area contributed by atoms with Crippen LogP contribution in [-0.4, -0.2) is 24.6 Å². The first-order valence-corrected chi connectivity index (χ1v) is 8.03. The maximum Gasteiger partial charge on any atom is 0.332 e. The van der Waals surface area contributed by atoms with Gasteiger partial charge in [0.15, 0.2) is 11.2 Å². The fourth-order valence-electron chi connectivity index (χ4n) is 2.81. The number of nitrogens with two attached hydrogens (primary N) is 1. The molecule has 9 heteroatoms. The van der Waals surface area contributed by atoms with Gasteiger partial charge in [0.05, 0.1) is 6.54 Å². The van der Waals surface area contributed by atoms with Crippen molar-refractivity contribution in [3.8, 4) is 0 Å². The van der Waals surface area contributed by atoms with Crippen LogP contribution in [0.15, 0.2) is 33.9 Å². The van der Waals surface area contributed by atoms with E-state index in [1.54, 1.807) is 0 Å². The summed E-state index contributed by atoms with van der Waals surface area (Å²) in [5, 5.41) is 3.20. The van der Waals surface area contributed by atoms with Crippen molar-refractivity contribution in [3.05, 3.63) is 56.5 Å². The number of nitrogens with one attached hydrogen (secondary N) is 1. The van der Waals surface area contributed by atoms with E-state index in [0.717, 1.165) is 15.8 Å². The lowest BCUT2D eigenvalue weighted by Crippen LogP contribution is -2.38. The van der Waals surface area contributed by atoms with E-state index in [1.165, 1.54) is 23.2 Å². The SMILES string of the molecule is Cc1ccc(NCc2nc3c(c(=O)n(C)c(=O)n3C)n2CC(N)=O)cc1. The van der Waals surface area contributed by atoms with Crippen LogP contribution in [0.25, 0.3) is 11.2 Å². The molecular formula is C17H20N6O3. The number of fused-ring (bicyclic) bond motifs is 1. The highest BCUT2D eigenvalue weighted by Crippen LogP contribution is 2.14. The van der Waals surface area contributed by atoms with Crippen LogP contribution in [0.5, 0.6) is 0 Å². The summed E-state index contributed by atoms with van der Waals surface area (Å²) >= 11 is 0. The lowest BCUT2D eigenvalue weighted by molar-refractivity contribution is -0.118. The molecule has 0 aliphatic heterocycles. The largest absolute Gasteiger partial charge is 0.378 e. The molecule has 0 aliphatic carbocycles. The second kappa shape index (κ2) is 6.51. The number of primary amides is 1. The van der Waals surface area contributed by atoms with Gasteiger partial charge in [-0.1, -0.05) is 17.7 Å². The Morgan fingerprint density at radius 1 is 1.15 bits per heavy atom. The summed E-state index contributed by atoms with van der Waals surface area (Å²) in [6, 6.07) is 7.78. The molecule has 2 heterocycles. The topological polar surface area (TPSA) is 117 Å². The van der Waals surface area contributed by atoms with Gasteiger partial charge in [0.25, 0.3) is 5.56 Å². The molecule has 0 saturated heterocycles. The molecule has 0 unspecified atom stereocenters. The molecule has 0 radical (unpaired) electrons. The maximum atomic E-state index is 12.5. The molecule has 1 amide bonds. The molecular weight excluding hydrogens is 336 g/mol. The highest BCUT2D eigenvalue weighted by Gasteiger charge is 2.19. The van der Waals surface area contributed by atoms with E-state index in [4.69, 9.17) is 5.73 Å². The fraction of sp³-hybridized carbons (Fsp3) is 0.294. The minimum Gasteiger partial charge on any atom is -0.378 e. The molecule has 136 valence electrons. The summed E-state index contributed by atoms with van der Waals surface area (Å²) in [7, 11) is 2.92. The van der Waals surface area contributed by atoms with Gasteiger partial charge in [-0.25, -0.2) is 9.78 Å². The summed E-state index contributed by atoms with van der Waals surface area (Å²) < 4.78 is 3.73. The van der Waals surface area contributed by atoms with Crippen molar-refractivity contribution < 1.29 is 4.79 Å². The number of anilines is 1. The van der Waals surface area contributed by atoms with Crippen LogP contribution in [0.3, 0.4) is 0 Å². The van der Waals surface area contributed by atoms with Crippen molar-refractivity contribution in [2.45, 2.75) is 20.0 Å². The average molecular weight is 356 g/mol. The van der Waals surface area contributed by atoms with Gasteiger partial charge in [-0.2, -0.15) is 0 Å². The Kier molecular flexibility index (Phi) is 4.37. The van der Waals surface area contributed by atoms with E-state index in [-0.39, 0.29) is 24.3 Å². The predicted molar refractivity (Wildman–Crippen MR) is 97.9 cm³/mol. The van der Waals surface area contributed by atoms with Crippen molar-refractivity contribution in [1.82, 2.24) is 18.7 Å². The van der Waals surface area contributed by atoms with Gasteiger partial charge in [0.2, 0.25) is 5.91 Å². The van der Waals surface area contributed by atoms with Gasteiger partial charge in [0.1, 0.15) is 12.4 Å². The number of amides is 1. The van der Waals surface area contributed by atoms with Gasteiger partial charge in [-0.15, -0.1) is 0 Å². The number of benzene rings is 1. The zero-order chi connectivity index (χ0) is 19.0. The zero-order valence-electron chi connectivity index (χ0n) is 14.8. The fourth-order valence-corrected chi connectivity index (χ4v) is 2.81. The second-order valence-electron chi connectivity index (χ2n) is 6.18. The molecule has 0 saturated carbocycles. The highest BCUT2D eigenvalue weighted by atomic mass is 16.2. The van der Waals surface area contributed by atoms with Gasteiger partial charge in [0, 0.05) is 19.8 Å². The summed E-state index contributed by atoms with van der Waals surface area (Å²) in [5.74, 6) is -0.158. The molecule has 0 aliphatic rings. The van der Waals surface area contributed by atoms with Crippen LogP contribution in [-0.2, 0) is 32.0 Å². The number of imidazole rings is 1. The van der Waals surface area contributed by atoms with Crippen molar-refractivity contribution >= 4 is 22.8 Å². The molecule has 3 N–H and O–H groups in total. The molecule has 26 heavy (non-hydrogen) atoms. The third-order valence-corrected chi connectivity index (χ3v) is 4.24. The molecule has 0 atom stereocenters. The van der Waals surface area contributed by atoms with Crippen LogP contribution in [0.4, 0.5) is 5.69 Å². The van der Waals surface area contributed by atoms with Gasteiger partial charge in [-0.3, -0.25) is 18.7 Å². The van der Waals surface area contributed by atoms with Crippen LogP contribution in [0.2, 0.25) is 0 Å². The first kappa shape index (κ1) is 17.5. The van der Waals surface area contributed by atoms with Crippen LogP contribution >= 0.6 is 0 Å². The number of rotatable bonds is 5. The molecule has 0 fully saturated rings. The summed E-state index contributed by atoms with van der Waals surface area (Å²) in [5.41, 5.74) is 6.74. The standard InChI is InChI=1S/C17H20N6O3/c1-10-4-6-11(7-5-10)19-8-13-20-15-14(23(13)9-12(18)24)16(25)22(3)17(26)21(15)2/h4-7,19H,8-9H2,1-3H3,(H2,18,24). The first-order chi connectivity index (χ1) is 12.3. The Bertz CT molecular complexity index is 1100. The Balaban J connectivity index is 2.11. The van der Waals surface area contributed by atoms with Crippen molar-refractivity contribution in [3.63, 3.8) is 0 Å². The molecule has 2 aromatic heterocycles. The Hall–Kier alpha value is -3.36. The number of hydrogen-bond donors (Lipinski definition) is 2. The number of nitrogens with zero attached hydrogens (tertiary/aromatic N) is 4.